The molecule has 0 unspecified atom stereocenters. The highest BCUT2D eigenvalue weighted by Crippen LogP contribution is 1.96. The lowest BCUT2D eigenvalue weighted by molar-refractivity contribution is -0.127. The van der Waals surface area contributed by atoms with Crippen LogP contribution in [0.5, 0.6) is 0 Å². The first-order chi connectivity index (χ1) is 8.73. The lowest BCUT2D eigenvalue weighted by Crippen LogP contribution is -2.42. The Kier molecular flexibility index (Phi) is 11.8. The van der Waals surface area contributed by atoms with Gasteiger partial charge in [-0.3, -0.25) is 4.79 Å². The average Bonchev–Trinajstić information content (AvgIpc) is 2.26. The van der Waals surface area contributed by atoms with Gasteiger partial charge in [-0.2, -0.15) is 0 Å². The average molecular weight is 396 g/mol. The van der Waals surface area contributed by atoms with E-state index in [1.54, 1.807) is 19.0 Å². The van der Waals surface area contributed by atoms with Crippen LogP contribution in [0.4, 0.5) is 0 Å². The van der Waals surface area contributed by atoms with Crippen molar-refractivity contribution in [3.63, 3.8) is 0 Å². The van der Waals surface area contributed by atoms with Gasteiger partial charge in [0, 0.05) is 34.2 Å². The van der Waals surface area contributed by atoms with Crippen molar-refractivity contribution in [2.24, 2.45) is 10.9 Å². The molecule has 0 aliphatic rings. The van der Waals surface area contributed by atoms with Crippen molar-refractivity contribution in [2.75, 3.05) is 40.8 Å². The number of halogens is 1. The van der Waals surface area contributed by atoms with Crippen LogP contribution in [0.25, 0.3) is 0 Å². The first-order valence-electron chi connectivity index (χ1n) is 6.58. The molecule has 5 nitrogen and oxygen atoms in total. The monoisotopic (exact) mass is 396 g/mol. The molecule has 0 aromatic heterocycles. The van der Waals surface area contributed by atoms with Gasteiger partial charge in [0.2, 0.25) is 5.91 Å². The Bertz CT molecular complexity index is 340. The SMILES string of the molecule is C=C(C)CN(C)C(=NCC(=O)N(C)C)NCC(C)C.I. The third-order valence-electron chi connectivity index (χ3n) is 2.40. The molecule has 1 amide bonds. The van der Waals surface area contributed by atoms with E-state index >= 15 is 0 Å². The largest absolute Gasteiger partial charge is 0.356 e. The molecule has 0 fully saturated rings. The van der Waals surface area contributed by atoms with Crippen LogP contribution < -0.4 is 5.32 Å². The van der Waals surface area contributed by atoms with E-state index in [-0.39, 0.29) is 36.4 Å². The Balaban J connectivity index is 0. The van der Waals surface area contributed by atoms with Crippen molar-refractivity contribution in [1.29, 1.82) is 0 Å². The molecule has 6 heteroatoms. The summed E-state index contributed by atoms with van der Waals surface area (Å²) in [5.74, 6) is 1.26. The van der Waals surface area contributed by atoms with Gasteiger partial charge < -0.3 is 15.1 Å². The molecule has 0 rings (SSSR count). The van der Waals surface area contributed by atoms with E-state index in [0.717, 1.165) is 24.6 Å². The number of aliphatic imine (C=N–C) groups is 1. The maximum Gasteiger partial charge on any atom is 0.243 e. The molecule has 0 aromatic carbocycles. The predicted octanol–water partition coefficient (Wildman–Crippen LogP) is 1.80. The lowest BCUT2D eigenvalue weighted by atomic mass is 10.2. The van der Waals surface area contributed by atoms with Gasteiger partial charge in [-0.25, -0.2) is 4.99 Å². The molecule has 0 atom stereocenters. The first kappa shape index (κ1) is 21.5. The molecule has 0 aromatic rings. The van der Waals surface area contributed by atoms with Crippen LogP contribution in [-0.4, -0.2) is 62.4 Å². The number of hydrogen-bond acceptors (Lipinski definition) is 2. The summed E-state index contributed by atoms with van der Waals surface area (Å²) in [7, 11) is 5.41. The molecule has 0 saturated carbocycles. The number of rotatable bonds is 6. The molecule has 0 radical (unpaired) electrons. The fraction of sp³-hybridized carbons (Fsp3) is 0.714. The quantitative estimate of drug-likeness (QED) is 0.323. The van der Waals surface area contributed by atoms with Crippen molar-refractivity contribution < 1.29 is 4.79 Å². The Labute approximate surface area is 140 Å². The normalized spacial score (nSPS) is 10.8. The second kappa shape index (κ2) is 10.9. The summed E-state index contributed by atoms with van der Waals surface area (Å²) in [4.78, 5) is 19.5. The molecule has 0 aliphatic carbocycles. The van der Waals surface area contributed by atoms with Crippen molar-refractivity contribution >= 4 is 35.8 Å². The van der Waals surface area contributed by atoms with Crippen LogP contribution in [-0.2, 0) is 4.79 Å². The van der Waals surface area contributed by atoms with Crippen LogP contribution in [0.1, 0.15) is 20.8 Å². The van der Waals surface area contributed by atoms with Gasteiger partial charge in [0.1, 0.15) is 6.54 Å². The van der Waals surface area contributed by atoms with Gasteiger partial charge in [0.15, 0.2) is 5.96 Å². The summed E-state index contributed by atoms with van der Waals surface area (Å²) >= 11 is 0. The van der Waals surface area contributed by atoms with Gasteiger partial charge in [-0.05, 0) is 12.8 Å². The summed E-state index contributed by atoms with van der Waals surface area (Å²) < 4.78 is 0. The van der Waals surface area contributed by atoms with Gasteiger partial charge in [0.25, 0.3) is 0 Å². The van der Waals surface area contributed by atoms with E-state index in [1.807, 2.05) is 18.9 Å². The second-order valence-electron chi connectivity index (χ2n) is 5.52. The smallest absolute Gasteiger partial charge is 0.243 e. The number of hydrogen-bond donors (Lipinski definition) is 1. The van der Waals surface area contributed by atoms with Crippen LogP contribution in [0.3, 0.4) is 0 Å². The highest BCUT2D eigenvalue weighted by Gasteiger charge is 2.09. The zero-order valence-corrected chi connectivity index (χ0v) is 15.9. The van der Waals surface area contributed by atoms with Gasteiger partial charge in [-0.15, -0.1) is 24.0 Å². The summed E-state index contributed by atoms with van der Waals surface area (Å²) in [6.07, 6.45) is 0. The van der Waals surface area contributed by atoms with Crippen molar-refractivity contribution in [2.45, 2.75) is 20.8 Å². The molecule has 118 valence electrons. The maximum absolute atomic E-state index is 11.6. The van der Waals surface area contributed by atoms with E-state index in [9.17, 15) is 4.79 Å². The number of carbonyl (C=O) groups is 1. The van der Waals surface area contributed by atoms with Crippen molar-refractivity contribution in [3.05, 3.63) is 12.2 Å². The molecule has 1 N–H and O–H groups in total. The standard InChI is InChI=1S/C14H28N4O.HI/c1-11(2)8-15-14(18(7)10-12(3)4)16-9-13(19)17(5)6;/h11H,3,8-10H2,1-2,4-7H3,(H,15,16);1H. The fourth-order valence-corrected chi connectivity index (χ4v) is 1.37. The molecule has 0 bridgehead atoms. The van der Waals surface area contributed by atoms with E-state index < -0.39 is 0 Å². The van der Waals surface area contributed by atoms with Gasteiger partial charge in [0.05, 0.1) is 0 Å². The molecular weight excluding hydrogens is 367 g/mol. The van der Waals surface area contributed by atoms with Gasteiger partial charge >= 0.3 is 0 Å². The number of nitrogens with one attached hydrogen (secondary N) is 1. The Morgan fingerprint density at radius 3 is 2.25 bits per heavy atom. The number of amides is 1. The van der Waals surface area contributed by atoms with Crippen LogP contribution in [0, 0.1) is 5.92 Å². The number of likely N-dealkylation sites (N-methyl/N-ethyl adjacent to an activating group) is 2. The predicted molar refractivity (Wildman–Crippen MR) is 96.7 cm³/mol. The molecule has 0 saturated heterocycles. The zero-order chi connectivity index (χ0) is 15.0. The molecule has 0 aliphatic heterocycles. The highest BCUT2D eigenvalue weighted by atomic mass is 127. The van der Waals surface area contributed by atoms with E-state index in [4.69, 9.17) is 0 Å². The number of guanidine groups is 1. The summed E-state index contributed by atoms with van der Waals surface area (Å²) in [5, 5.41) is 3.28. The lowest BCUT2D eigenvalue weighted by Gasteiger charge is -2.23. The van der Waals surface area contributed by atoms with Crippen LogP contribution in [0.2, 0.25) is 0 Å². The molecule has 0 spiro atoms. The Morgan fingerprint density at radius 1 is 1.30 bits per heavy atom. The summed E-state index contributed by atoms with van der Waals surface area (Å²) in [5.41, 5.74) is 1.06. The first-order valence-corrected chi connectivity index (χ1v) is 6.58. The van der Waals surface area contributed by atoms with Crippen molar-refractivity contribution in [1.82, 2.24) is 15.1 Å². The summed E-state index contributed by atoms with van der Waals surface area (Å²) in [6, 6.07) is 0. The Morgan fingerprint density at radius 2 is 1.85 bits per heavy atom. The minimum atomic E-state index is -0.00688. The zero-order valence-electron chi connectivity index (χ0n) is 13.6. The molecule has 20 heavy (non-hydrogen) atoms. The van der Waals surface area contributed by atoms with Crippen LogP contribution in [0.15, 0.2) is 17.1 Å². The third-order valence-corrected chi connectivity index (χ3v) is 2.40. The number of nitrogens with zero attached hydrogens (tertiary/aromatic N) is 3. The fourth-order valence-electron chi connectivity index (χ4n) is 1.37. The third kappa shape index (κ3) is 10.1. The minimum absolute atomic E-state index is 0. The summed E-state index contributed by atoms with van der Waals surface area (Å²) in [6.45, 7) is 11.8. The van der Waals surface area contributed by atoms with Crippen LogP contribution >= 0.6 is 24.0 Å². The topological polar surface area (TPSA) is 47.9 Å². The maximum atomic E-state index is 11.6. The van der Waals surface area contributed by atoms with Gasteiger partial charge in [-0.1, -0.05) is 26.0 Å². The minimum Gasteiger partial charge on any atom is -0.356 e. The Hall–Kier alpha value is -0.790. The highest BCUT2D eigenvalue weighted by molar-refractivity contribution is 14.0. The van der Waals surface area contributed by atoms with E-state index in [2.05, 4.69) is 30.7 Å². The van der Waals surface area contributed by atoms with E-state index in [1.165, 1.54) is 0 Å². The molecule has 0 heterocycles. The number of carbonyl (C=O) groups excluding carboxylic acids is 1. The van der Waals surface area contributed by atoms with Crippen molar-refractivity contribution in [3.8, 4) is 0 Å². The second-order valence-corrected chi connectivity index (χ2v) is 5.52. The molecular formula is C14H29IN4O. The van der Waals surface area contributed by atoms with E-state index in [0.29, 0.717) is 5.92 Å².